The van der Waals surface area contributed by atoms with E-state index in [0.29, 0.717) is 16.5 Å². The van der Waals surface area contributed by atoms with Crippen molar-refractivity contribution >= 4 is 34.6 Å². The van der Waals surface area contributed by atoms with Crippen molar-refractivity contribution in [2.24, 2.45) is 5.41 Å². The molecule has 0 radical (unpaired) electrons. The molecule has 1 aliphatic heterocycles. The van der Waals surface area contributed by atoms with Crippen molar-refractivity contribution in [2.75, 3.05) is 17.3 Å². The average Bonchev–Trinajstić information content (AvgIpc) is 3.53. The van der Waals surface area contributed by atoms with Crippen LogP contribution in [0.25, 0.3) is 5.69 Å². The highest BCUT2D eigenvalue weighted by Crippen LogP contribution is 2.44. The topological polar surface area (TPSA) is 84.3 Å². The van der Waals surface area contributed by atoms with E-state index in [4.69, 9.17) is 17.0 Å². The maximum atomic E-state index is 12.7. The third-order valence-corrected chi connectivity index (χ3v) is 6.83. The molecule has 194 valence electrons. The standard InChI is InChI=1S/C29H30N6O2S/c1-29(2,3)27(36)32-21-11-10-20(18-24(21)37-4)35-26(25(33-28(35)38)22-8-5-6-14-31-22)23-9-7-17-34(23)19-12-15-30-16-13-19/h5-18,25-26H,1-4H3,(H,32,36)(H,33,38)/t25-,26-/m0/s1. The number of methoxy groups -OCH3 is 1. The van der Waals surface area contributed by atoms with Crippen LogP contribution in [-0.2, 0) is 4.79 Å². The number of ether oxygens (including phenoxy) is 1. The number of nitrogens with one attached hydrogen (secondary N) is 2. The van der Waals surface area contributed by atoms with Crippen LogP contribution in [0.4, 0.5) is 11.4 Å². The van der Waals surface area contributed by atoms with Crippen molar-refractivity contribution in [1.29, 1.82) is 0 Å². The van der Waals surface area contributed by atoms with Crippen LogP contribution in [0.5, 0.6) is 5.75 Å². The zero-order chi connectivity index (χ0) is 26.9. The number of hydrogen-bond acceptors (Lipinski definition) is 5. The fourth-order valence-corrected chi connectivity index (χ4v) is 4.90. The number of amides is 1. The maximum absolute atomic E-state index is 12.7. The van der Waals surface area contributed by atoms with Crippen LogP contribution in [-0.4, -0.2) is 32.7 Å². The zero-order valence-corrected chi connectivity index (χ0v) is 22.6. The Hall–Kier alpha value is -4.24. The van der Waals surface area contributed by atoms with Crippen molar-refractivity contribution < 1.29 is 9.53 Å². The Morgan fingerprint density at radius 1 is 1.03 bits per heavy atom. The minimum absolute atomic E-state index is 0.0924. The van der Waals surface area contributed by atoms with E-state index in [0.717, 1.165) is 22.8 Å². The first-order valence-corrected chi connectivity index (χ1v) is 12.8. The monoisotopic (exact) mass is 526 g/mol. The van der Waals surface area contributed by atoms with Crippen LogP contribution in [0.1, 0.15) is 44.2 Å². The third kappa shape index (κ3) is 4.84. The molecule has 38 heavy (non-hydrogen) atoms. The Kier molecular flexibility index (Phi) is 6.86. The first kappa shape index (κ1) is 25.4. The molecule has 1 amide bonds. The number of benzene rings is 1. The van der Waals surface area contributed by atoms with E-state index in [1.54, 1.807) is 25.7 Å². The van der Waals surface area contributed by atoms with Crippen molar-refractivity contribution in [3.05, 3.63) is 96.8 Å². The minimum Gasteiger partial charge on any atom is -0.494 e. The lowest BCUT2D eigenvalue weighted by Crippen LogP contribution is -2.30. The first-order chi connectivity index (χ1) is 18.3. The number of carbonyl (C=O) groups is 1. The predicted octanol–water partition coefficient (Wildman–Crippen LogP) is 5.44. The normalized spacial score (nSPS) is 17.3. The molecule has 5 rings (SSSR count). The number of carbonyl (C=O) groups excluding carboxylic acids is 1. The second-order valence-corrected chi connectivity index (χ2v) is 10.5. The van der Waals surface area contributed by atoms with E-state index in [1.165, 1.54) is 0 Å². The van der Waals surface area contributed by atoms with Crippen LogP contribution in [0.3, 0.4) is 0 Å². The van der Waals surface area contributed by atoms with Crippen LogP contribution in [0.2, 0.25) is 0 Å². The molecule has 0 bridgehead atoms. The minimum atomic E-state index is -0.538. The first-order valence-electron chi connectivity index (χ1n) is 12.4. The smallest absolute Gasteiger partial charge is 0.229 e. The van der Waals surface area contributed by atoms with Gasteiger partial charge in [-0.25, -0.2) is 0 Å². The van der Waals surface area contributed by atoms with Crippen molar-refractivity contribution in [2.45, 2.75) is 32.9 Å². The van der Waals surface area contributed by atoms with Gasteiger partial charge in [0.1, 0.15) is 11.8 Å². The van der Waals surface area contributed by atoms with Crippen molar-refractivity contribution in [3.63, 3.8) is 0 Å². The van der Waals surface area contributed by atoms with Crippen LogP contribution < -0.4 is 20.3 Å². The summed E-state index contributed by atoms with van der Waals surface area (Å²) in [5, 5.41) is 7.05. The van der Waals surface area contributed by atoms with Gasteiger partial charge in [0.15, 0.2) is 5.11 Å². The highest BCUT2D eigenvalue weighted by atomic mass is 32.1. The van der Waals surface area contributed by atoms with Gasteiger partial charge in [-0.15, -0.1) is 0 Å². The molecule has 2 N–H and O–H groups in total. The Labute approximate surface area is 227 Å². The van der Waals surface area contributed by atoms with Crippen LogP contribution >= 0.6 is 12.2 Å². The van der Waals surface area contributed by atoms with Crippen molar-refractivity contribution in [3.8, 4) is 11.4 Å². The lowest BCUT2D eigenvalue weighted by atomic mass is 9.95. The lowest BCUT2D eigenvalue weighted by Gasteiger charge is -2.29. The van der Waals surface area contributed by atoms with Crippen LogP contribution in [0.15, 0.2) is 85.5 Å². The van der Waals surface area contributed by atoms with Gasteiger partial charge in [0.2, 0.25) is 5.91 Å². The summed E-state index contributed by atoms with van der Waals surface area (Å²) >= 11 is 5.90. The summed E-state index contributed by atoms with van der Waals surface area (Å²) in [5.74, 6) is 0.456. The molecule has 9 heteroatoms. The fourth-order valence-electron chi connectivity index (χ4n) is 4.55. The summed E-state index contributed by atoms with van der Waals surface area (Å²) in [4.78, 5) is 23.6. The highest BCUT2D eigenvalue weighted by Gasteiger charge is 2.42. The number of hydrogen-bond donors (Lipinski definition) is 2. The Morgan fingerprint density at radius 3 is 2.50 bits per heavy atom. The molecule has 0 saturated carbocycles. The summed E-state index contributed by atoms with van der Waals surface area (Å²) in [7, 11) is 1.59. The fraction of sp³-hybridized carbons (Fsp3) is 0.241. The van der Waals surface area contributed by atoms with Crippen molar-refractivity contribution in [1.82, 2.24) is 19.9 Å². The highest BCUT2D eigenvalue weighted by molar-refractivity contribution is 7.80. The number of anilines is 2. The summed E-state index contributed by atoms with van der Waals surface area (Å²) in [6, 6.07) is 19.2. The SMILES string of the molecule is COc1cc(N2C(=S)N[C@@H](c3ccccn3)[C@@H]2c2cccn2-c2ccncc2)ccc1NC(=O)C(C)(C)C. The van der Waals surface area contributed by atoms with E-state index in [-0.39, 0.29) is 18.0 Å². The Balaban J connectivity index is 1.60. The van der Waals surface area contributed by atoms with E-state index in [1.807, 2.05) is 81.6 Å². The molecule has 3 aromatic heterocycles. The molecule has 2 atom stereocenters. The van der Waals surface area contributed by atoms with Gasteiger partial charge in [-0.1, -0.05) is 26.8 Å². The quantitative estimate of drug-likeness (QED) is 0.324. The molecule has 1 aliphatic rings. The van der Waals surface area contributed by atoms with Gasteiger partial charge in [-0.3, -0.25) is 14.8 Å². The number of rotatable bonds is 6. The maximum Gasteiger partial charge on any atom is 0.229 e. The van der Waals surface area contributed by atoms with Crippen LogP contribution in [0, 0.1) is 5.41 Å². The second kappa shape index (κ2) is 10.3. The van der Waals surface area contributed by atoms with Gasteiger partial charge < -0.3 is 24.8 Å². The summed E-state index contributed by atoms with van der Waals surface area (Å²) in [6.45, 7) is 5.62. The average molecular weight is 527 g/mol. The van der Waals surface area contributed by atoms with E-state index in [2.05, 4.69) is 36.1 Å². The molecule has 8 nitrogen and oxygen atoms in total. The van der Waals surface area contributed by atoms with E-state index >= 15 is 0 Å². The third-order valence-electron chi connectivity index (χ3n) is 6.51. The van der Waals surface area contributed by atoms with Gasteiger partial charge in [0.05, 0.1) is 24.5 Å². The Morgan fingerprint density at radius 2 is 1.82 bits per heavy atom. The van der Waals surface area contributed by atoms with E-state index in [9.17, 15) is 4.79 Å². The molecule has 4 heterocycles. The Bertz CT molecular complexity index is 1450. The molecule has 1 fully saturated rings. The van der Waals surface area contributed by atoms with Gasteiger partial charge in [0.25, 0.3) is 0 Å². The van der Waals surface area contributed by atoms with E-state index < -0.39 is 5.41 Å². The zero-order valence-electron chi connectivity index (χ0n) is 21.8. The van der Waals surface area contributed by atoms with Gasteiger partial charge >= 0.3 is 0 Å². The summed E-state index contributed by atoms with van der Waals surface area (Å²) in [5.41, 5.74) is 3.81. The van der Waals surface area contributed by atoms with Gasteiger partial charge in [0, 0.05) is 53.3 Å². The lowest BCUT2D eigenvalue weighted by molar-refractivity contribution is -0.123. The largest absolute Gasteiger partial charge is 0.494 e. The molecule has 0 aliphatic carbocycles. The molecular formula is C29H30N6O2S. The summed E-state index contributed by atoms with van der Waals surface area (Å²) in [6.07, 6.45) is 7.38. The summed E-state index contributed by atoms with van der Waals surface area (Å²) < 4.78 is 7.83. The number of nitrogens with zero attached hydrogens (tertiary/aromatic N) is 4. The second-order valence-electron chi connectivity index (χ2n) is 10.1. The molecule has 1 saturated heterocycles. The molecule has 4 aromatic rings. The van der Waals surface area contributed by atoms with Gasteiger partial charge in [-0.2, -0.15) is 0 Å². The molecular weight excluding hydrogens is 496 g/mol. The number of aromatic nitrogens is 3. The molecule has 1 aromatic carbocycles. The number of pyridine rings is 2. The molecule has 0 spiro atoms. The number of thiocarbonyl (C=S) groups is 1. The molecule has 0 unspecified atom stereocenters. The van der Waals surface area contributed by atoms with Gasteiger partial charge in [-0.05, 0) is 60.7 Å². The predicted molar refractivity (Wildman–Crippen MR) is 153 cm³/mol.